The molecule has 1 heterocycles. The Labute approximate surface area is 125 Å². The number of fused-ring (bicyclic) bond motifs is 1. The fourth-order valence-electron chi connectivity index (χ4n) is 3.59. The minimum atomic E-state index is 0.653. The van der Waals surface area contributed by atoms with Crippen LogP contribution >= 0.6 is 0 Å². The summed E-state index contributed by atoms with van der Waals surface area (Å²) >= 11 is 0. The molecule has 0 radical (unpaired) electrons. The molecule has 0 N–H and O–H groups in total. The van der Waals surface area contributed by atoms with Gasteiger partial charge in [-0.15, -0.1) is 0 Å². The number of hydrogen-bond acceptors (Lipinski definition) is 1. The lowest BCUT2D eigenvalue weighted by molar-refractivity contribution is 0.204. The average Bonchev–Trinajstić information content (AvgIpc) is 2.45. The van der Waals surface area contributed by atoms with E-state index in [0.717, 1.165) is 12.5 Å². The van der Waals surface area contributed by atoms with Gasteiger partial charge in [0.15, 0.2) is 0 Å². The van der Waals surface area contributed by atoms with Crippen molar-refractivity contribution >= 4 is 0 Å². The first-order valence-corrected chi connectivity index (χ1v) is 8.48. The van der Waals surface area contributed by atoms with Gasteiger partial charge in [-0.1, -0.05) is 58.7 Å². The Hall–Kier alpha value is -0.820. The third kappa shape index (κ3) is 3.63. The van der Waals surface area contributed by atoms with Crippen LogP contribution < -0.4 is 0 Å². The number of benzene rings is 1. The van der Waals surface area contributed by atoms with E-state index in [-0.39, 0.29) is 0 Å². The molecule has 20 heavy (non-hydrogen) atoms. The molecule has 1 aliphatic heterocycles. The summed E-state index contributed by atoms with van der Waals surface area (Å²) in [6.07, 6.45) is 5.27. The summed E-state index contributed by atoms with van der Waals surface area (Å²) in [7, 11) is 0. The number of hydrogen-bond donors (Lipinski definition) is 0. The molecule has 1 heteroatoms. The molecule has 0 spiro atoms. The van der Waals surface area contributed by atoms with E-state index < -0.39 is 0 Å². The minimum absolute atomic E-state index is 0.653. The van der Waals surface area contributed by atoms with E-state index in [0.29, 0.717) is 5.92 Å². The molecule has 1 unspecified atom stereocenters. The zero-order chi connectivity index (χ0) is 14.5. The molecule has 0 fully saturated rings. The maximum Gasteiger partial charge on any atom is 0.0236 e. The minimum Gasteiger partial charge on any atom is -0.298 e. The highest BCUT2D eigenvalue weighted by Gasteiger charge is 2.21. The first-order chi connectivity index (χ1) is 9.65. The predicted molar refractivity (Wildman–Crippen MR) is 88.2 cm³/mol. The highest BCUT2D eigenvalue weighted by molar-refractivity contribution is 5.38. The van der Waals surface area contributed by atoms with Crippen LogP contribution in [0.3, 0.4) is 0 Å². The van der Waals surface area contributed by atoms with Crippen molar-refractivity contribution in [2.75, 3.05) is 13.1 Å². The standard InChI is InChI=1S/C19H31N/c1-5-8-16(6-2)13-20-12-11-19-17(14-20)9-7-10-18(19)15(3)4/h7,9-10,15-16H,5-6,8,11-14H2,1-4H3. The van der Waals surface area contributed by atoms with Crippen molar-refractivity contribution in [2.24, 2.45) is 5.92 Å². The van der Waals surface area contributed by atoms with Crippen LogP contribution in [0, 0.1) is 5.92 Å². The Morgan fingerprint density at radius 1 is 1.20 bits per heavy atom. The topological polar surface area (TPSA) is 3.24 Å². The zero-order valence-corrected chi connectivity index (χ0v) is 13.8. The Kier molecular flexibility index (Phi) is 5.65. The van der Waals surface area contributed by atoms with Crippen molar-refractivity contribution in [3.8, 4) is 0 Å². The molecule has 2 rings (SSSR count). The molecular formula is C19H31N. The lowest BCUT2D eigenvalue weighted by Crippen LogP contribution is -2.35. The second-order valence-corrected chi connectivity index (χ2v) is 6.69. The van der Waals surface area contributed by atoms with E-state index in [9.17, 15) is 0 Å². The molecule has 1 aromatic rings. The third-order valence-electron chi connectivity index (χ3n) is 4.79. The van der Waals surface area contributed by atoms with E-state index in [2.05, 4.69) is 50.8 Å². The van der Waals surface area contributed by atoms with Crippen molar-refractivity contribution in [1.82, 2.24) is 4.90 Å². The molecule has 1 aromatic carbocycles. The van der Waals surface area contributed by atoms with Gasteiger partial charge in [0.25, 0.3) is 0 Å². The molecular weight excluding hydrogens is 242 g/mol. The lowest BCUT2D eigenvalue weighted by atomic mass is 9.88. The van der Waals surface area contributed by atoms with E-state index in [1.807, 2.05) is 0 Å². The van der Waals surface area contributed by atoms with Gasteiger partial charge in [0.05, 0.1) is 0 Å². The zero-order valence-electron chi connectivity index (χ0n) is 13.8. The molecule has 0 amide bonds. The van der Waals surface area contributed by atoms with E-state index in [1.54, 1.807) is 16.7 Å². The summed E-state index contributed by atoms with van der Waals surface area (Å²) in [5.41, 5.74) is 4.79. The Morgan fingerprint density at radius 3 is 2.65 bits per heavy atom. The van der Waals surface area contributed by atoms with E-state index in [4.69, 9.17) is 0 Å². The van der Waals surface area contributed by atoms with Crippen molar-refractivity contribution in [3.63, 3.8) is 0 Å². The van der Waals surface area contributed by atoms with Gasteiger partial charge in [-0.25, -0.2) is 0 Å². The summed E-state index contributed by atoms with van der Waals surface area (Å²) in [5, 5.41) is 0. The third-order valence-corrected chi connectivity index (χ3v) is 4.79. The summed E-state index contributed by atoms with van der Waals surface area (Å²) in [4.78, 5) is 2.68. The van der Waals surface area contributed by atoms with Gasteiger partial charge < -0.3 is 0 Å². The molecule has 0 aromatic heterocycles. The van der Waals surface area contributed by atoms with Gasteiger partial charge in [0, 0.05) is 19.6 Å². The van der Waals surface area contributed by atoms with Crippen LogP contribution in [0.1, 0.15) is 69.6 Å². The molecule has 1 aliphatic rings. The smallest absolute Gasteiger partial charge is 0.0236 e. The van der Waals surface area contributed by atoms with Gasteiger partial charge >= 0.3 is 0 Å². The second-order valence-electron chi connectivity index (χ2n) is 6.69. The molecule has 0 saturated heterocycles. The van der Waals surface area contributed by atoms with Crippen LogP contribution in [0.5, 0.6) is 0 Å². The largest absolute Gasteiger partial charge is 0.298 e. The molecule has 1 atom stereocenters. The number of nitrogens with zero attached hydrogens (tertiary/aromatic N) is 1. The van der Waals surface area contributed by atoms with E-state index >= 15 is 0 Å². The van der Waals surface area contributed by atoms with Crippen molar-refractivity contribution in [2.45, 2.75) is 65.8 Å². The first-order valence-electron chi connectivity index (χ1n) is 8.48. The van der Waals surface area contributed by atoms with Gasteiger partial charge in [-0.2, -0.15) is 0 Å². The molecule has 0 bridgehead atoms. The van der Waals surface area contributed by atoms with Crippen LogP contribution in [0.4, 0.5) is 0 Å². The van der Waals surface area contributed by atoms with Crippen LogP contribution in [-0.4, -0.2) is 18.0 Å². The quantitative estimate of drug-likeness (QED) is 0.705. The highest BCUT2D eigenvalue weighted by atomic mass is 15.1. The Balaban J connectivity index is 2.06. The van der Waals surface area contributed by atoms with Crippen molar-refractivity contribution in [1.29, 1.82) is 0 Å². The predicted octanol–water partition coefficient (Wildman–Crippen LogP) is 4.99. The molecule has 0 aliphatic carbocycles. The van der Waals surface area contributed by atoms with Crippen LogP contribution in [0.15, 0.2) is 18.2 Å². The molecule has 1 nitrogen and oxygen atoms in total. The van der Waals surface area contributed by atoms with Crippen molar-refractivity contribution in [3.05, 3.63) is 34.9 Å². The van der Waals surface area contributed by atoms with Crippen LogP contribution in [0.25, 0.3) is 0 Å². The number of rotatable bonds is 6. The monoisotopic (exact) mass is 273 g/mol. The maximum atomic E-state index is 2.68. The summed E-state index contributed by atoms with van der Waals surface area (Å²) in [5.74, 6) is 1.54. The normalized spacial score (nSPS) is 17.2. The SMILES string of the molecule is CCCC(CC)CN1CCc2c(cccc2C(C)C)C1. The summed E-state index contributed by atoms with van der Waals surface area (Å²) in [6.45, 7) is 13.0. The van der Waals surface area contributed by atoms with Crippen LogP contribution in [0.2, 0.25) is 0 Å². The summed E-state index contributed by atoms with van der Waals surface area (Å²) in [6, 6.07) is 6.92. The Bertz CT molecular complexity index is 422. The highest BCUT2D eigenvalue weighted by Crippen LogP contribution is 2.28. The summed E-state index contributed by atoms with van der Waals surface area (Å²) < 4.78 is 0. The fourth-order valence-corrected chi connectivity index (χ4v) is 3.59. The van der Waals surface area contributed by atoms with Gasteiger partial charge in [-0.05, 0) is 41.4 Å². The molecule has 0 saturated carbocycles. The Morgan fingerprint density at radius 2 is 2.00 bits per heavy atom. The van der Waals surface area contributed by atoms with Crippen LogP contribution in [-0.2, 0) is 13.0 Å². The van der Waals surface area contributed by atoms with E-state index in [1.165, 1.54) is 38.8 Å². The van der Waals surface area contributed by atoms with Gasteiger partial charge in [0.2, 0.25) is 0 Å². The maximum absolute atomic E-state index is 2.68. The lowest BCUT2D eigenvalue weighted by Gasteiger charge is -2.33. The van der Waals surface area contributed by atoms with Crippen molar-refractivity contribution < 1.29 is 0 Å². The van der Waals surface area contributed by atoms with Gasteiger partial charge in [0.1, 0.15) is 0 Å². The average molecular weight is 273 g/mol. The second kappa shape index (κ2) is 7.26. The molecule has 112 valence electrons. The first kappa shape index (κ1) is 15.6. The fraction of sp³-hybridized carbons (Fsp3) is 0.684. The van der Waals surface area contributed by atoms with Gasteiger partial charge in [-0.3, -0.25) is 4.90 Å².